The summed E-state index contributed by atoms with van der Waals surface area (Å²) in [5, 5.41) is 15.8. The fraction of sp³-hybridized carbons (Fsp3) is 0.308. The lowest BCUT2D eigenvalue weighted by molar-refractivity contribution is -0.114. The van der Waals surface area contributed by atoms with Crippen molar-refractivity contribution in [2.24, 2.45) is 10.1 Å². The molecule has 0 saturated heterocycles. The molecule has 182 valence electrons. The maximum absolute atomic E-state index is 12.7. The number of methoxy groups -OCH3 is 1. The standard InChI is InChI=1S/C26H28N4O3S2/c1-4-5-6-23-29-30-24(27)20(25(31)28-26(30)35-23)15-18-9-12-21(22(16-18)32-3)33-13-14-34-19-10-7-17(2)8-11-19/h7-12,15-16,27H,4-6,13-14H2,1-3H3. The van der Waals surface area contributed by atoms with E-state index in [1.54, 1.807) is 31.0 Å². The highest BCUT2D eigenvalue weighted by Crippen LogP contribution is 2.32. The van der Waals surface area contributed by atoms with Crippen LogP contribution in [0.4, 0.5) is 0 Å². The van der Waals surface area contributed by atoms with E-state index in [0.29, 0.717) is 23.3 Å². The van der Waals surface area contributed by atoms with Crippen molar-refractivity contribution in [3.8, 4) is 11.5 Å². The molecule has 0 radical (unpaired) electrons. The molecule has 1 N–H and O–H groups in total. The molecule has 0 unspecified atom stereocenters. The number of carbonyl (C=O) groups excluding carboxylic acids is 1. The van der Waals surface area contributed by atoms with Crippen LogP contribution in [-0.2, 0) is 4.79 Å². The van der Waals surface area contributed by atoms with Gasteiger partial charge in [-0.05, 0) is 67.4 Å². The number of hydrazone groups is 1. The average Bonchev–Trinajstić information content (AvgIpc) is 3.27. The van der Waals surface area contributed by atoms with E-state index in [2.05, 4.69) is 48.2 Å². The van der Waals surface area contributed by atoms with Gasteiger partial charge in [-0.25, -0.2) is 0 Å². The predicted molar refractivity (Wildman–Crippen MR) is 145 cm³/mol. The fourth-order valence-corrected chi connectivity index (χ4v) is 5.12. The monoisotopic (exact) mass is 508 g/mol. The maximum atomic E-state index is 12.7. The molecular weight excluding hydrogens is 480 g/mol. The van der Waals surface area contributed by atoms with Gasteiger partial charge in [-0.15, -0.1) is 11.8 Å². The number of amidine groups is 2. The first-order chi connectivity index (χ1) is 17.0. The van der Waals surface area contributed by atoms with Crippen molar-refractivity contribution in [2.75, 3.05) is 19.5 Å². The number of rotatable bonds is 10. The molecule has 2 aliphatic rings. The summed E-state index contributed by atoms with van der Waals surface area (Å²) in [6.07, 6.45) is 4.53. The molecule has 0 fully saturated rings. The largest absolute Gasteiger partial charge is 0.493 e. The van der Waals surface area contributed by atoms with Crippen LogP contribution in [-0.4, -0.2) is 46.4 Å². The lowest BCUT2D eigenvalue weighted by atomic mass is 10.1. The zero-order valence-corrected chi connectivity index (χ0v) is 21.7. The molecule has 2 aromatic rings. The second kappa shape index (κ2) is 11.6. The van der Waals surface area contributed by atoms with Crippen molar-refractivity contribution in [1.82, 2.24) is 5.01 Å². The molecule has 0 spiro atoms. The highest BCUT2D eigenvalue weighted by atomic mass is 32.2. The Morgan fingerprint density at radius 1 is 1.17 bits per heavy atom. The van der Waals surface area contributed by atoms with Crippen molar-refractivity contribution in [1.29, 1.82) is 5.41 Å². The van der Waals surface area contributed by atoms with Gasteiger partial charge < -0.3 is 9.47 Å². The summed E-state index contributed by atoms with van der Waals surface area (Å²) in [5.41, 5.74) is 2.16. The van der Waals surface area contributed by atoms with E-state index in [4.69, 9.17) is 14.9 Å². The molecular formula is C26H28N4O3S2. The van der Waals surface area contributed by atoms with Gasteiger partial charge in [-0.1, -0.05) is 37.1 Å². The number of nitrogens with one attached hydrogen (secondary N) is 1. The number of hydrogen-bond acceptors (Lipinski definition) is 7. The Kier molecular flexibility index (Phi) is 8.30. The van der Waals surface area contributed by atoms with Gasteiger partial charge in [0, 0.05) is 10.6 Å². The summed E-state index contributed by atoms with van der Waals surface area (Å²) in [4.78, 5) is 18.0. The molecule has 0 saturated carbocycles. The minimum absolute atomic E-state index is 0.0337. The zero-order valence-electron chi connectivity index (χ0n) is 20.0. The summed E-state index contributed by atoms with van der Waals surface area (Å²) in [7, 11) is 1.58. The third-order valence-corrected chi connectivity index (χ3v) is 7.31. The van der Waals surface area contributed by atoms with E-state index in [1.807, 2.05) is 12.1 Å². The Morgan fingerprint density at radius 2 is 1.97 bits per heavy atom. The SMILES string of the molecule is CCCCC1=NN2C(=N)C(=Cc3ccc(OCCSc4ccc(C)cc4)c(OC)c3)C(=O)N=C2S1. The van der Waals surface area contributed by atoms with Gasteiger partial charge in [0.05, 0.1) is 19.3 Å². The molecule has 0 aliphatic carbocycles. The van der Waals surface area contributed by atoms with Crippen LogP contribution in [0.1, 0.15) is 37.3 Å². The summed E-state index contributed by atoms with van der Waals surface area (Å²) < 4.78 is 11.5. The van der Waals surface area contributed by atoms with E-state index in [-0.39, 0.29) is 11.4 Å². The van der Waals surface area contributed by atoms with E-state index in [9.17, 15) is 4.79 Å². The van der Waals surface area contributed by atoms with E-state index < -0.39 is 5.91 Å². The molecule has 35 heavy (non-hydrogen) atoms. The second-order valence-corrected chi connectivity index (χ2v) is 10.2. The number of fused-ring (bicyclic) bond motifs is 1. The van der Waals surface area contributed by atoms with E-state index in [0.717, 1.165) is 35.6 Å². The van der Waals surface area contributed by atoms with Crippen LogP contribution < -0.4 is 9.47 Å². The first-order valence-corrected chi connectivity index (χ1v) is 13.3. The van der Waals surface area contributed by atoms with E-state index in [1.165, 1.54) is 27.2 Å². The maximum Gasteiger partial charge on any atom is 0.283 e. The number of carbonyl (C=O) groups is 1. The summed E-state index contributed by atoms with van der Waals surface area (Å²) in [6.45, 7) is 4.72. The fourth-order valence-electron chi connectivity index (χ4n) is 3.47. The van der Waals surface area contributed by atoms with Crippen LogP contribution in [0.25, 0.3) is 6.08 Å². The molecule has 0 atom stereocenters. The van der Waals surface area contributed by atoms with Crippen LogP contribution in [0.5, 0.6) is 11.5 Å². The topological polar surface area (TPSA) is 87.3 Å². The van der Waals surface area contributed by atoms with Gasteiger partial charge >= 0.3 is 0 Å². The highest BCUT2D eigenvalue weighted by molar-refractivity contribution is 8.26. The minimum Gasteiger partial charge on any atom is -0.493 e. The van der Waals surface area contributed by atoms with Crippen LogP contribution in [0, 0.1) is 12.3 Å². The number of thioether (sulfide) groups is 2. The third kappa shape index (κ3) is 6.15. The van der Waals surface area contributed by atoms with Crippen LogP contribution >= 0.6 is 23.5 Å². The number of unbranched alkanes of at least 4 members (excludes halogenated alkanes) is 1. The van der Waals surface area contributed by atoms with Crippen LogP contribution in [0.3, 0.4) is 0 Å². The quantitative estimate of drug-likeness (QED) is 0.241. The van der Waals surface area contributed by atoms with Crippen molar-refractivity contribution >= 4 is 51.6 Å². The first-order valence-electron chi connectivity index (χ1n) is 11.5. The van der Waals surface area contributed by atoms with Crippen molar-refractivity contribution < 1.29 is 14.3 Å². The van der Waals surface area contributed by atoms with Crippen LogP contribution in [0.15, 0.2) is 63.0 Å². The summed E-state index contributed by atoms with van der Waals surface area (Å²) in [5.74, 6) is 1.60. The Morgan fingerprint density at radius 3 is 2.71 bits per heavy atom. The second-order valence-electron chi connectivity index (χ2n) is 8.04. The molecule has 9 heteroatoms. The van der Waals surface area contributed by atoms with Gasteiger partial charge in [0.1, 0.15) is 5.04 Å². The molecule has 4 rings (SSSR count). The predicted octanol–water partition coefficient (Wildman–Crippen LogP) is 5.98. The smallest absolute Gasteiger partial charge is 0.283 e. The molecule has 1 amide bonds. The van der Waals surface area contributed by atoms with Crippen molar-refractivity contribution in [3.63, 3.8) is 0 Å². The number of hydrogen-bond donors (Lipinski definition) is 1. The van der Waals surface area contributed by atoms with Gasteiger partial charge in [-0.2, -0.15) is 15.1 Å². The number of aryl methyl sites for hydroxylation is 1. The molecule has 2 aromatic carbocycles. The number of benzene rings is 2. The zero-order chi connectivity index (χ0) is 24.8. The first kappa shape index (κ1) is 25.1. The number of aliphatic imine (C=N–C) groups is 1. The lowest BCUT2D eigenvalue weighted by Gasteiger charge is -2.20. The number of ether oxygens (including phenoxy) is 2. The Balaban J connectivity index is 1.42. The Hall–Kier alpha value is -3.04. The Bertz CT molecular complexity index is 1210. The average molecular weight is 509 g/mol. The molecule has 0 bridgehead atoms. The van der Waals surface area contributed by atoms with Gasteiger partial charge in [0.2, 0.25) is 5.17 Å². The van der Waals surface area contributed by atoms with E-state index >= 15 is 0 Å². The highest BCUT2D eigenvalue weighted by Gasteiger charge is 2.35. The summed E-state index contributed by atoms with van der Waals surface area (Å²) >= 11 is 3.10. The molecule has 0 aromatic heterocycles. The molecule has 2 aliphatic heterocycles. The van der Waals surface area contributed by atoms with Gasteiger partial charge in [0.15, 0.2) is 17.3 Å². The lowest BCUT2D eigenvalue weighted by Crippen LogP contribution is -2.35. The van der Waals surface area contributed by atoms with Crippen LogP contribution in [0.2, 0.25) is 0 Å². The summed E-state index contributed by atoms with van der Waals surface area (Å²) in [6, 6.07) is 13.9. The van der Waals surface area contributed by atoms with Crippen molar-refractivity contribution in [3.05, 3.63) is 59.2 Å². The normalized spacial score (nSPS) is 16.3. The molecule has 2 heterocycles. The number of nitrogens with zero attached hydrogens (tertiary/aromatic N) is 3. The Labute approximate surface area is 214 Å². The number of amides is 1. The van der Waals surface area contributed by atoms with Gasteiger partial charge in [-0.3, -0.25) is 10.2 Å². The van der Waals surface area contributed by atoms with Gasteiger partial charge in [0.25, 0.3) is 5.91 Å². The molecule has 7 nitrogen and oxygen atoms in total. The third-order valence-electron chi connectivity index (χ3n) is 5.37. The van der Waals surface area contributed by atoms with Crippen molar-refractivity contribution in [2.45, 2.75) is 38.0 Å². The minimum atomic E-state index is -0.437.